The lowest BCUT2D eigenvalue weighted by Gasteiger charge is -2.10. The summed E-state index contributed by atoms with van der Waals surface area (Å²) in [7, 11) is 0. The van der Waals surface area contributed by atoms with Crippen molar-refractivity contribution in [3.63, 3.8) is 0 Å². The summed E-state index contributed by atoms with van der Waals surface area (Å²) in [5, 5.41) is 2.82. The monoisotopic (exact) mass is 164 g/mol. The molecule has 3 heteroatoms. The molecule has 0 fully saturated rings. The van der Waals surface area contributed by atoms with Gasteiger partial charge in [0, 0.05) is 24.4 Å². The maximum Gasteiger partial charge on any atom is 0.253 e. The number of fused-ring (bicyclic) bond motifs is 1. The van der Waals surface area contributed by atoms with Crippen molar-refractivity contribution in [2.24, 2.45) is 0 Å². The molecule has 3 nitrogen and oxygen atoms in total. The molecule has 1 amide bonds. The van der Waals surface area contributed by atoms with E-state index in [-0.39, 0.29) is 5.91 Å². The third kappa shape index (κ3) is 1.02. The smallest absolute Gasteiger partial charge is 0.253 e. The van der Waals surface area contributed by atoms with Gasteiger partial charge >= 0.3 is 0 Å². The van der Waals surface area contributed by atoms with Crippen molar-refractivity contribution in [3.05, 3.63) is 23.0 Å². The molecule has 12 heavy (non-hydrogen) atoms. The van der Waals surface area contributed by atoms with Gasteiger partial charge in [0.05, 0.1) is 5.56 Å². The summed E-state index contributed by atoms with van der Waals surface area (Å²) in [5.74, 6) is 0.0622. The van der Waals surface area contributed by atoms with E-state index >= 15 is 0 Å². The van der Waals surface area contributed by atoms with Crippen molar-refractivity contribution < 1.29 is 4.79 Å². The van der Waals surface area contributed by atoms with Gasteiger partial charge < -0.3 is 10.3 Å². The number of aromatic amines is 1. The molecule has 0 aromatic carbocycles. The van der Waals surface area contributed by atoms with Gasteiger partial charge in [0.2, 0.25) is 0 Å². The third-order valence-corrected chi connectivity index (χ3v) is 2.24. The number of hydrogen-bond donors (Lipinski definition) is 2. The lowest BCUT2D eigenvalue weighted by Crippen LogP contribution is -2.31. The number of amides is 1. The van der Waals surface area contributed by atoms with E-state index in [1.165, 1.54) is 0 Å². The predicted octanol–water partition coefficient (Wildman–Crippen LogP) is 0.863. The Kier molecular flexibility index (Phi) is 1.64. The first-order valence-corrected chi connectivity index (χ1v) is 4.30. The van der Waals surface area contributed by atoms with Crippen molar-refractivity contribution in [1.82, 2.24) is 10.3 Å². The zero-order valence-electron chi connectivity index (χ0n) is 7.11. The van der Waals surface area contributed by atoms with Crippen LogP contribution in [0.15, 0.2) is 6.07 Å². The Morgan fingerprint density at radius 1 is 1.58 bits per heavy atom. The first kappa shape index (κ1) is 7.40. The van der Waals surface area contributed by atoms with Crippen LogP contribution in [0.1, 0.15) is 28.7 Å². The summed E-state index contributed by atoms with van der Waals surface area (Å²) >= 11 is 0. The average molecular weight is 164 g/mol. The number of hydrogen-bond acceptors (Lipinski definition) is 1. The Hall–Kier alpha value is -1.25. The van der Waals surface area contributed by atoms with Crippen LogP contribution in [0.4, 0.5) is 0 Å². The maximum atomic E-state index is 11.3. The second-order valence-electron chi connectivity index (χ2n) is 3.05. The largest absolute Gasteiger partial charge is 0.362 e. The van der Waals surface area contributed by atoms with Crippen molar-refractivity contribution in [1.29, 1.82) is 0 Å². The molecule has 0 spiro atoms. The van der Waals surface area contributed by atoms with Crippen LogP contribution in [0.2, 0.25) is 0 Å². The first-order chi connectivity index (χ1) is 5.81. The Balaban J connectivity index is 2.43. The molecule has 0 aliphatic carbocycles. The quantitative estimate of drug-likeness (QED) is 0.635. The second kappa shape index (κ2) is 2.66. The Labute approximate surface area is 71.2 Å². The molecule has 64 valence electrons. The van der Waals surface area contributed by atoms with E-state index in [2.05, 4.69) is 17.2 Å². The molecule has 0 unspecified atom stereocenters. The number of nitrogens with one attached hydrogen (secondary N) is 2. The van der Waals surface area contributed by atoms with E-state index in [0.29, 0.717) is 0 Å². The third-order valence-electron chi connectivity index (χ3n) is 2.24. The van der Waals surface area contributed by atoms with Crippen molar-refractivity contribution >= 4 is 5.91 Å². The summed E-state index contributed by atoms with van der Waals surface area (Å²) in [6, 6.07) is 1.95. The summed E-state index contributed by atoms with van der Waals surface area (Å²) in [4.78, 5) is 14.5. The first-order valence-electron chi connectivity index (χ1n) is 4.30. The number of carbonyl (C=O) groups excluding carboxylic acids is 1. The molecule has 0 radical (unpaired) electrons. The van der Waals surface area contributed by atoms with Crippen LogP contribution in [-0.2, 0) is 12.8 Å². The molecule has 0 atom stereocenters. The van der Waals surface area contributed by atoms with Gasteiger partial charge in [-0.15, -0.1) is 0 Å². The summed E-state index contributed by atoms with van der Waals surface area (Å²) in [6.07, 6.45) is 1.89. The zero-order chi connectivity index (χ0) is 8.55. The normalized spacial score (nSPS) is 15.6. The fourth-order valence-corrected chi connectivity index (χ4v) is 1.55. The van der Waals surface area contributed by atoms with E-state index in [4.69, 9.17) is 0 Å². The highest BCUT2D eigenvalue weighted by Crippen LogP contribution is 2.14. The summed E-state index contributed by atoms with van der Waals surface area (Å²) in [6.45, 7) is 2.84. The standard InChI is InChI=1S/C9H12N2O/c1-2-6-5-7-8(11-6)3-4-10-9(7)12/h5,11H,2-4H2,1H3,(H,10,12). The van der Waals surface area contributed by atoms with Crippen LogP contribution in [-0.4, -0.2) is 17.4 Å². The highest BCUT2D eigenvalue weighted by atomic mass is 16.1. The predicted molar refractivity (Wildman–Crippen MR) is 46.2 cm³/mol. The number of rotatable bonds is 1. The van der Waals surface area contributed by atoms with Crippen LogP contribution < -0.4 is 5.32 Å². The fraction of sp³-hybridized carbons (Fsp3) is 0.444. The fourth-order valence-electron chi connectivity index (χ4n) is 1.55. The molecule has 1 aromatic heterocycles. The van der Waals surface area contributed by atoms with Gasteiger partial charge in [-0.1, -0.05) is 6.92 Å². The lowest BCUT2D eigenvalue weighted by molar-refractivity contribution is 0.0946. The summed E-state index contributed by atoms with van der Waals surface area (Å²) in [5.41, 5.74) is 3.07. The minimum Gasteiger partial charge on any atom is -0.362 e. The number of H-pyrrole nitrogens is 1. The Morgan fingerprint density at radius 2 is 2.42 bits per heavy atom. The van der Waals surface area contributed by atoms with Crippen LogP contribution in [0, 0.1) is 0 Å². The zero-order valence-corrected chi connectivity index (χ0v) is 7.11. The van der Waals surface area contributed by atoms with Gasteiger partial charge in [0.25, 0.3) is 5.91 Å². The van der Waals surface area contributed by atoms with Crippen LogP contribution in [0.5, 0.6) is 0 Å². The van der Waals surface area contributed by atoms with E-state index in [9.17, 15) is 4.79 Å². The molecule has 1 aliphatic heterocycles. The molecular weight excluding hydrogens is 152 g/mol. The molecule has 2 rings (SSSR count). The maximum absolute atomic E-state index is 11.3. The van der Waals surface area contributed by atoms with Crippen molar-refractivity contribution in [2.75, 3.05) is 6.54 Å². The minimum absolute atomic E-state index is 0.0622. The highest BCUT2D eigenvalue weighted by Gasteiger charge is 2.18. The second-order valence-corrected chi connectivity index (χ2v) is 3.05. The van der Waals surface area contributed by atoms with E-state index in [0.717, 1.165) is 36.3 Å². The SMILES string of the molecule is CCc1cc2c([nH]1)CCNC2=O. The molecular formula is C9H12N2O. The van der Waals surface area contributed by atoms with Gasteiger partial charge in [-0.3, -0.25) is 4.79 Å². The molecule has 2 N–H and O–H groups in total. The van der Waals surface area contributed by atoms with E-state index in [1.807, 2.05) is 6.07 Å². The molecule has 0 saturated heterocycles. The van der Waals surface area contributed by atoms with Gasteiger partial charge in [0.1, 0.15) is 0 Å². The number of aryl methyl sites for hydroxylation is 1. The molecule has 0 bridgehead atoms. The van der Waals surface area contributed by atoms with Crippen molar-refractivity contribution in [2.45, 2.75) is 19.8 Å². The van der Waals surface area contributed by atoms with Gasteiger partial charge in [-0.05, 0) is 12.5 Å². The van der Waals surface area contributed by atoms with Crippen LogP contribution >= 0.6 is 0 Å². The average Bonchev–Trinajstić information content (AvgIpc) is 2.49. The van der Waals surface area contributed by atoms with Crippen LogP contribution in [0.3, 0.4) is 0 Å². The Bertz CT molecular complexity index is 314. The van der Waals surface area contributed by atoms with Gasteiger partial charge in [-0.2, -0.15) is 0 Å². The molecule has 0 saturated carbocycles. The Morgan fingerprint density at radius 3 is 3.08 bits per heavy atom. The van der Waals surface area contributed by atoms with Gasteiger partial charge in [-0.25, -0.2) is 0 Å². The highest BCUT2D eigenvalue weighted by molar-refractivity contribution is 5.96. The lowest BCUT2D eigenvalue weighted by atomic mass is 10.1. The minimum atomic E-state index is 0.0622. The number of aromatic nitrogens is 1. The topological polar surface area (TPSA) is 44.9 Å². The van der Waals surface area contributed by atoms with Gasteiger partial charge in [0.15, 0.2) is 0 Å². The molecule has 1 aromatic rings. The van der Waals surface area contributed by atoms with Crippen LogP contribution in [0.25, 0.3) is 0 Å². The number of carbonyl (C=O) groups is 1. The van der Waals surface area contributed by atoms with E-state index < -0.39 is 0 Å². The van der Waals surface area contributed by atoms with E-state index in [1.54, 1.807) is 0 Å². The summed E-state index contributed by atoms with van der Waals surface area (Å²) < 4.78 is 0. The van der Waals surface area contributed by atoms with Crippen molar-refractivity contribution in [3.8, 4) is 0 Å². The molecule has 1 aliphatic rings. The molecule has 2 heterocycles.